The number of rotatable bonds is 6. The van der Waals surface area contributed by atoms with Crippen LogP contribution in [0.25, 0.3) is 0 Å². The third-order valence-electron chi connectivity index (χ3n) is 3.07. The van der Waals surface area contributed by atoms with Crippen LogP contribution < -0.4 is 10.5 Å². The van der Waals surface area contributed by atoms with Gasteiger partial charge in [-0.25, -0.2) is 0 Å². The van der Waals surface area contributed by atoms with E-state index in [1.807, 2.05) is 38.1 Å². The SMILES string of the molecule is CC(Oc1ccc(Br)cc1)C(=O)N(C)CC(C)(C)CN. The third-order valence-corrected chi connectivity index (χ3v) is 3.60. The second kappa shape index (κ2) is 7.09. The molecule has 0 saturated carbocycles. The van der Waals surface area contributed by atoms with E-state index in [4.69, 9.17) is 10.5 Å². The van der Waals surface area contributed by atoms with Crippen LogP contribution in [0.2, 0.25) is 0 Å². The van der Waals surface area contributed by atoms with Crippen molar-refractivity contribution in [3.8, 4) is 5.75 Å². The van der Waals surface area contributed by atoms with Crippen LogP contribution in [-0.4, -0.2) is 37.0 Å². The van der Waals surface area contributed by atoms with Crippen molar-refractivity contribution in [1.29, 1.82) is 0 Å². The smallest absolute Gasteiger partial charge is 0.263 e. The summed E-state index contributed by atoms with van der Waals surface area (Å²) >= 11 is 3.36. The molecule has 0 aliphatic heterocycles. The molecule has 2 N–H and O–H groups in total. The van der Waals surface area contributed by atoms with Crippen molar-refractivity contribution in [2.24, 2.45) is 11.1 Å². The molecule has 0 heterocycles. The van der Waals surface area contributed by atoms with Crippen LogP contribution in [0.4, 0.5) is 0 Å². The van der Waals surface area contributed by atoms with Gasteiger partial charge in [0.15, 0.2) is 6.10 Å². The maximum absolute atomic E-state index is 12.3. The monoisotopic (exact) mass is 342 g/mol. The Hall–Kier alpha value is -1.07. The quantitative estimate of drug-likeness (QED) is 0.864. The largest absolute Gasteiger partial charge is 0.481 e. The molecule has 0 aliphatic rings. The third kappa shape index (κ3) is 5.13. The summed E-state index contributed by atoms with van der Waals surface area (Å²) in [6.45, 7) is 6.98. The molecule has 1 amide bonds. The Morgan fingerprint density at radius 1 is 1.40 bits per heavy atom. The molecule has 1 rings (SSSR count). The molecule has 0 aromatic heterocycles. The highest BCUT2D eigenvalue weighted by atomic mass is 79.9. The number of benzene rings is 1. The molecule has 0 fully saturated rings. The summed E-state index contributed by atoms with van der Waals surface area (Å²) in [6.07, 6.45) is -0.519. The highest BCUT2D eigenvalue weighted by Crippen LogP contribution is 2.19. The zero-order valence-electron chi connectivity index (χ0n) is 12.5. The lowest BCUT2D eigenvalue weighted by Crippen LogP contribution is -2.44. The fraction of sp³-hybridized carbons (Fsp3) is 0.533. The average Bonchev–Trinajstić information content (AvgIpc) is 2.40. The maximum atomic E-state index is 12.3. The standard InChI is InChI=1S/C15H23BrN2O2/c1-11(20-13-7-5-12(16)6-8-13)14(19)18(4)10-15(2,3)9-17/h5-8,11H,9-10,17H2,1-4H3. The van der Waals surface area contributed by atoms with Crippen LogP contribution in [0.1, 0.15) is 20.8 Å². The van der Waals surface area contributed by atoms with Crippen molar-refractivity contribution in [3.63, 3.8) is 0 Å². The lowest BCUT2D eigenvalue weighted by molar-refractivity contribution is -0.137. The van der Waals surface area contributed by atoms with Gasteiger partial charge in [-0.15, -0.1) is 0 Å². The zero-order chi connectivity index (χ0) is 15.3. The van der Waals surface area contributed by atoms with E-state index in [1.54, 1.807) is 18.9 Å². The molecule has 112 valence electrons. The molecule has 5 heteroatoms. The van der Waals surface area contributed by atoms with Gasteiger partial charge in [-0.05, 0) is 43.1 Å². The summed E-state index contributed by atoms with van der Waals surface area (Å²) in [6, 6.07) is 7.43. The van der Waals surface area contributed by atoms with Gasteiger partial charge in [0, 0.05) is 18.1 Å². The molecule has 0 saturated heterocycles. The number of nitrogens with zero attached hydrogens (tertiary/aromatic N) is 1. The van der Waals surface area contributed by atoms with Gasteiger partial charge < -0.3 is 15.4 Å². The normalized spacial score (nSPS) is 12.9. The minimum absolute atomic E-state index is 0.0468. The zero-order valence-corrected chi connectivity index (χ0v) is 14.1. The predicted molar refractivity (Wildman–Crippen MR) is 84.7 cm³/mol. The number of carbonyl (C=O) groups is 1. The summed E-state index contributed by atoms with van der Waals surface area (Å²) < 4.78 is 6.63. The number of likely N-dealkylation sites (N-methyl/N-ethyl adjacent to an activating group) is 1. The van der Waals surface area contributed by atoms with Crippen LogP contribution in [0.3, 0.4) is 0 Å². The van der Waals surface area contributed by atoms with Gasteiger partial charge in [0.05, 0.1) is 0 Å². The number of hydrogen-bond donors (Lipinski definition) is 1. The van der Waals surface area contributed by atoms with Crippen LogP contribution in [-0.2, 0) is 4.79 Å². The molecular formula is C15H23BrN2O2. The number of nitrogens with two attached hydrogens (primary N) is 1. The maximum Gasteiger partial charge on any atom is 0.263 e. The fourth-order valence-corrected chi connectivity index (χ4v) is 2.13. The Balaban J connectivity index is 2.60. The molecule has 1 atom stereocenters. The Morgan fingerprint density at radius 2 is 1.95 bits per heavy atom. The summed E-state index contributed by atoms with van der Waals surface area (Å²) in [5, 5.41) is 0. The molecule has 0 spiro atoms. The number of halogens is 1. The molecule has 1 aromatic rings. The van der Waals surface area contributed by atoms with Crippen molar-refractivity contribution in [1.82, 2.24) is 4.90 Å². The first kappa shape index (κ1) is 17.0. The highest BCUT2D eigenvalue weighted by Gasteiger charge is 2.25. The Kier molecular flexibility index (Phi) is 6.02. The van der Waals surface area contributed by atoms with E-state index in [-0.39, 0.29) is 11.3 Å². The Labute approximate surface area is 129 Å². The first-order valence-electron chi connectivity index (χ1n) is 6.62. The molecule has 1 unspecified atom stereocenters. The number of amides is 1. The topological polar surface area (TPSA) is 55.6 Å². The first-order chi connectivity index (χ1) is 9.25. The van der Waals surface area contributed by atoms with Gasteiger partial charge in [0.25, 0.3) is 5.91 Å². The van der Waals surface area contributed by atoms with E-state index in [1.165, 1.54) is 0 Å². The molecule has 0 radical (unpaired) electrons. The van der Waals surface area contributed by atoms with Crippen molar-refractivity contribution in [2.45, 2.75) is 26.9 Å². The van der Waals surface area contributed by atoms with E-state index >= 15 is 0 Å². The molecular weight excluding hydrogens is 320 g/mol. The highest BCUT2D eigenvalue weighted by molar-refractivity contribution is 9.10. The van der Waals surface area contributed by atoms with Crippen molar-refractivity contribution >= 4 is 21.8 Å². The molecule has 20 heavy (non-hydrogen) atoms. The average molecular weight is 343 g/mol. The summed E-state index contributed by atoms with van der Waals surface area (Å²) in [7, 11) is 1.78. The summed E-state index contributed by atoms with van der Waals surface area (Å²) in [5.41, 5.74) is 5.60. The lowest BCUT2D eigenvalue weighted by Gasteiger charge is -2.30. The van der Waals surface area contributed by atoms with Crippen molar-refractivity contribution < 1.29 is 9.53 Å². The summed E-state index contributed by atoms with van der Waals surface area (Å²) in [4.78, 5) is 13.9. The minimum atomic E-state index is -0.519. The van der Waals surface area contributed by atoms with E-state index in [2.05, 4.69) is 15.9 Å². The van der Waals surface area contributed by atoms with Gasteiger partial charge >= 0.3 is 0 Å². The van der Waals surface area contributed by atoms with Crippen molar-refractivity contribution in [3.05, 3.63) is 28.7 Å². The van der Waals surface area contributed by atoms with E-state index in [9.17, 15) is 4.79 Å². The van der Waals surface area contributed by atoms with Gasteiger partial charge in [0.2, 0.25) is 0 Å². The van der Waals surface area contributed by atoms with Crippen molar-refractivity contribution in [2.75, 3.05) is 20.1 Å². The molecule has 1 aromatic carbocycles. The second-order valence-electron chi connectivity index (χ2n) is 5.78. The van der Waals surface area contributed by atoms with Crippen LogP contribution >= 0.6 is 15.9 Å². The van der Waals surface area contributed by atoms with Gasteiger partial charge in [-0.2, -0.15) is 0 Å². The predicted octanol–water partition coefficient (Wildman–Crippen LogP) is 2.66. The lowest BCUT2D eigenvalue weighted by atomic mass is 9.93. The molecule has 0 aliphatic carbocycles. The van der Waals surface area contributed by atoms with E-state index in [0.717, 1.165) is 4.47 Å². The second-order valence-corrected chi connectivity index (χ2v) is 6.69. The first-order valence-corrected chi connectivity index (χ1v) is 7.42. The van der Waals surface area contributed by atoms with Gasteiger partial charge in [-0.3, -0.25) is 4.79 Å². The van der Waals surface area contributed by atoms with Crippen LogP contribution in [0.5, 0.6) is 5.75 Å². The number of ether oxygens (including phenoxy) is 1. The van der Waals surface area contributed by atoms with Crippen LogP contribution in [0, 0.1) is 5.41 Å². The van der Waals surface area contributed by atoms with E-state index < -0.39 is 6.10 Å². The van der Waals surface area contributed by atoms with E-state index in [0.29, 0.717) is 18.8 Å². The number of carbonyl (C=O) groups excluding carboxylic acids is 1. The van der Waals surface area contributed by atoms with Gasteiger partial charge in [-0.1, -0.05) is 29.8 Å². The summed E-state index contributed by atoms with van der Waals surface area (Å²) in [5.74, 6) is 0.634. The number of hydrogen-bond acceptors (Lipinski definition) is 3. The van der Waals surface area contributed by atoms with Crippen LogP contribution in [0.15, 0.2) is 28.7 Å². The Morgan fingerprint density at radius 3 is 2.45 bits per heavy atom. The fourth-order valence-electron chi connectivity index (χ4n) is 1.86. The Bertz CT molecular complexity index is 446. The van der Waals surface area contributed by atoms with Gasteiger partial charge in [0.1, 0.15) is 5.75 Å². The minimum Gasteiger partial charge on any atom is -0.481 e. The molecule has 4 nitrogen and oxygen atoms in total. The molecule has 0 bridgehead atoms.